The summed E-state index contributed by atoms with van der Waals surface area (Å²) in [6, 6.07) is 0. The third-order valence-corrected chi connectivity index (χ3v) is 4.73. The van der Waals surface area contributed by atoms with Crippen molar-refractivity contribution in [1.29, 1.82) is 0 Å². The number of amidine groups is 1. The Labute approximate surface area is 142 Å². The number of esters is 1. The number of aliphatic imine (C=N–C) groups is 1. The number of carbonyl (C=O) groups is 1. The van der Waals surface area contributed by atoms with Gasteiger partial charge in [-0.25, -0.2) is 18.6 Å². The second-order valence-electron chi connectivity index (χ2n) is 5.75. The number of halogens is 2. The molecule has 1 aromatic rings. The zero-order valence-corrected chi connectivity index (χ0v) is 14.0. The third-order valence-electron chi connectivity index (χ3n) is 3.95. The van der Waals surface area contributed by atoms with Gasteiger partial charge in [-0.3, -0.25) is 9.89 Å². The number of piperidine rings is 1. The maximum absolute atomic E-state index is 13.6. The van der Waals surface area contributed by atoms with Gasteiger partial charge in [-0.1, -0.05) is 0 Å². The van der Waals surface area contributed by atoms with Crippen LogP contribution in [0.25, 0.3) is 0 Å². The number of likely N-dealkylation sites (tertiary alicyclic amines) is 1. The minimum atomic E-state index is -2.69. The van der Waals surface area contributed by atoms with Crippen LogP contribution in [0.4, 0.5) is 8.78 Å². The number of thiazole rings is 1. The van der Waals surface area contributed by atoms with Crippen LogP contribution in [0.1, 0.15) is 17.8 Å². The number of aromatic nitrogens is 1. The number of hydrogen-bond acceptors (Lipinski definition) is 7. The number of alkyl halides is 2. The topological polar surface area (TPSA) is 66.8 Å². The lowest BCUT2D eigenvalue weighted by Gasteiger charge is -2.34. The van der Waals surface area contributed by atoms with E-state index in [0.29, 0.717) is 35.1 Å². The second-order valence-corrected chi connectivity index (χ2v) is 6.64. The number of ether oxygens (including phenoxy) is 1. The maximum atomic E-state index is 13.6. The molecule has 0 aromatic carbocycles. The van der Waals surface area contributed by atoms with Crippen LogP contribution in [-0.4, -0.2) is 60.9 Å². The Balaban J connectivity index is 1.79. The smallest absolute Gasteiger partial charge is 0.337 e. The minimum absolute atomic E-state index is 0.0916. The number of nitrogens with one attached hydrogen (secondary N) is 1. The van der Waals surface area contributed by atoms with Crippen LogP contribution in [0.5, 0.6) is 0 Å². The summed E-state index contributed by atoms with van der Waals surface area (Å²) in [6.45, 7) is 0.633. The molecule has 0 unspecified atom stereocenters. The Hall–Kier alpha value is -1.87. The van der Waals surface area contributed by atoms with Crippen molar-refractivity contribution >= 4 is 23.1 Å². The van der Waals surface area contributed by atoms with E-state index in [2.05, 4.69) is 15.3 Å². The highest BCUT2D eigenvalue weighted by atomic mass is 32.1. The van der Waals surface area contributed by atoms with Gasteiger partial charge in [0, 0.05) is 30.2 Å². The summed E-state index contributed by atoms with van der Waals surface area (Å²) in [5, 5.41) is 5.60. The first kappa shape index (κ1) is 17.0. The van der Waals surface area contributed by atoms with Gasteiger partial charge in [0.05, 0.1) is 25.8 Å². The molecule has 1 aromatic heterocycles. The monoisotopic (exact) mass is 356 g/mol. The third kappa shape index (κ3) is 3.78. The van der Waals surface area contributed by atoms with E-state index in [0.717, 1.165) is 0 Å². The quantitative estimate of drug-likeness (QED) is 0.831. The lowest BCUT2D eigenvalue weighted by molar-refractivity contribution is -0.136. The second kappa shape index (κ2) is 6.94. The highest BCUT2D eigenvalue weighted by molar-refractivity contribution is 7.11. The summed E-state index contributed by atoms with van der Waals surface area (Å²) in [6.07, 6.45) is 2.00. The average Bonchev–Trinajstić information content (AvgIpc) is 3.07. The van der Waals surface area contributed by atoms with Crippen molar-refractivity contribution in [2.24, 2.45) is 4.99 Å². The predicted octanol–water partition coefficient (Wildman–Crippen LogP) is 1.65. The molecule has 1 fully saturated rings. The summed E-state index contributed by atoms with van der Waals surface area (Å²) in [5.41, 5.74) is 0.923. The van der Waals surface area contributed by atoms with Crippen LogP contribution in [0.3, 0.4) is 0 Å². The summed E-state index contributed by atoms with van der Waals surface area (Å²) in [7, 11) is 1.29. The molecule has 6 nitrogen and oxygen atoms in total. The van der Waals surface area contributed by atoms with E-state index < -0.39 is 11.9 Å². The fraction of sp³-hybridized carbons (Fsp3) is 0.533. The minimum Gasteiger partial charge on any atom is -0.466 e. The molecule has 2 aliphatic rings. The number of carbonyl (C=O) groups excluding carboxylic acids is 1. The van der Waals surface area contributed by atoms with E-state index in [-0.39, 0.29) is 26.1 Å². The molecule has 0 bridgehead atoms. The Bertz CT molecular complexity index is 673. The summed E-state index contributed by atoms with van der Waals surface area (Å²) in [4.78, 5) is 22.1. The molecule has 1 N–H and O–H groups in total. The largest absolute Gasteiger partial charge is 0.466 e. The zero-order valence-electron chi connectivity index (χ0n) is 13.2. The molecule has 0 saturated carbocycles. The molecule has 0 atom stereocenters. The van der Waals surface area contributed by atoms with Gasteiger partial charge in [-0.15, -0.1) is 11.3 Å². The summed E-state index contributed by atoms with van der Waals surface area (Å²) in [5.74, 6) is -2.63. The molecule has 3 rings (SSSR count). The maximum Gasteiger partial charge on any atom is 0.337 e. The first-order valence-corrected chi connectivity index (χ1v) is 8.48. The number of methoxy groups -OCH3 is 1. The van der Waals surface area contributed by atoms with Gasteiger partial charge in [0.15, 0.2) is 10.8 Å². The van der Waals surface area contributed by atoms with Crippen LogP contribution in [-0.2, 0) is 9.53 Å². The molecule has 3 heterocycles. The predicted molar refractivity (Wildman–Crippen MR) is 86.3 cm³/mol. The standard InChI is InChI=1S/C15H18F2N4O2S/c1-23-14(22)10-7-19-12(13-18-4-6-24-13)20-11(10)8-21-5-2-3-15(16,17)9-21/h4,6H,2-3,5,7-9H2,1H3,(H,19,20). The van der Waals surface area contributed by atoms with Crippen molar-refractivity contribution in [2.45, 2.75) is 18.8 Å². The van der Waals surface area contributed by atoms with E-state index in [4.69, 9.17) is 4.74 Å². The molecule has 2 aliphatic heterocycles. The van der Waals surface area contributed by atoms with Gasteiger partial charge in [-0.05, 0) is 13.0 Å². The van der Waals surface area contributed by atoms with Crippen LogP contribution in [0.15, 0.2) is 27.8 Å². The molecule has 0 amide bonds. The van der Waals surface area contributed by atoms with Gasteiger partial charge >= 0.3 is 5.97 Å². The van der Waals surface area contributed by atoms with Crippen molar-refractivity contribution in [3.63, 3.8) is 0 Å². The van der Waals surface area contributed by atoms with Gasteiger partial charge in [-0.2, -0.15) is 0 Å². The van der Waals surface area contributed by atoms with Crippen LogP contribution >= 0.6 is 11.3 Å². The molecule has 0 aliphatic carbocycles. The van der Waals surface area contributed by atoms with E-state index in [1.54, 1.807) is 11.1 Å². The van der Waals surface area contributed by atoms with Gasteiger partial charge in [0.2, 0.25) is 0 Å². The fourth-order valence-corrected chi connectivity index (χ4v) is 3.42. The molecular weight excluding hydrogens is 338 g/mol. The molecule has 0 spiro atoms. The molecule has 1 saturated heterocycles. The molecule has 130 valence electrons. The van der Waals surface area contributed by atoms with E-state index in [1.807, 2.05) is 5.38 Å². The first-order valence-electron chi connectivity index (χ1n) is 7.60. The van der Waals surface area contributed by atoms with Crippen molar-refractivity contribution in [3.8, 4) is 0 Å². The highest BCUT2D eigenvalue weighted by Gasteiger charge is 2.36. The van der Waals surface area contributed by atoms with Crippen LogP contribution < -0.4 is 5.32 Å². The number of hydrogen-bond donors (Lipinski definition) is 1. The van der Waals surface area contributed by atoms with Crippen molar-refractivity contribution < 1.29 is 18.3 Å². The van der Waals surface area contributed by atoms with E-state index in [1.165, 1.54) is 18.4 Å². The lowest BCUT2D eigenvalue weighted by atomic mass is 10.1. The van der Waals surface area contributed by atoms with Crippen LogP contribution in [0.2, 0.25) is 0 Å². The van der Waals surface area contributed by atoms with Crippen molar-refractivity contribution in [1.82, 2.24) is 15.2 Å². The van der Waals surface area contributed by atoms with E-state index >= 15 is 0 Å². The Morgan fingerprint density at radius 3 is 3.04 bits per heavy atom. The number of nitrogens with zero attached hydrogens (tertiary/aromatic N) is 3. The number of rotatable bonds is 4. The van der Waals surface area contributed by atoms with Crippen molar-refractivity contribution in [3.05, 3.63) is 27.9 Å². The zero-order chi connectivity index (χ0) is 17.2. The normalized spacial score (nSPS) is 21.2. The summed E-state index contributed by atoms with van der Waals surface area (Å²) < 4.78 is 32.0. The van der Waals surface area contributed by atoms with Crippen molar-refractivity contribution in [2.75, 3.05) is 33.3 Å². The fourth-order valence-electron chi connectivity index (χ4n) is 2.82. The first-order chi connectivity index (χ1) is 11.5. The van der Waals surface area contributed by atoms with Gasteiger partial charge in [0.1, 0.15) is 0 Å². The molecule has 24 heavy (non-hydrogen) atoms. The van der Waals surface area contributed by atoms with E-state index in [9.17, 15) is 13.6 Å². The average molecular weight is 356 g/mol. The molecule has 0 radical (unpaired) electrons. The lowest BCUT2D eigenvalue weighted by Crippen LogP contribution is -2.46. The van der Waals surface area contributed by atoms with Gasteiger partial charge in [0.25, 0.3) is 5.92 Å². The molecule has 9 heteroatoms. The Morgan fingerprint density at radius 2 is 2.38 bits per heavy atom. The molecular formula is C15H18F2N4O2S. The highest BCUT2D eigenvalue weighted by Crippen LogP contribution is 2.27. The Kier molecular flexibility index (Phi) is 4.91. The Morgan fingerprint density at radius 1 is 1.54 bits per heavy atom. The summed E-state index contributed by atoms with van der Waals surface area (Å²) >= 11 is 1.42. The SMILES string of the molecule is COC(=O)C1=C(CN2CCCC(F)(F)C2)NC(c2nccs2)=NC1. The van der Waals surface area contributed by atoms with Gasteiger partial charge < -0.3 is 10.1 Å². The van der Waals surface area contributed by atoms with Crippen LogP contribution in [0, 0.1) is 0 Å².